The van der Waals surface area contributed by atoms with Gasteiger partial charge in [0.25, 0.3) is 0 Å². The predicted molar refractivity (Wildman–Crippen MR) is 116 cm³/mol. The van der Waals surface area contributed by atoms with Gasteiger partial charge in [-0.05, 0) is 62.4 Å². The first-order valence-corrected chi connectivity index (χ1v) is 10.1. The third-order valence-corrected chi connectivity index (χ3v) is 5.51. The largest absolute Gasteiger partial charge is 0.368 e. The Morgan fingerprint density at radius 1 is 1.07 bits per heavy atom. The average Bonchev–Trinajstić information content (AvgIpc) is 3.01. The predicted octanol–water partition coefficient (Wildman–Crippen LogP) is 5.77. The fourth-order valence-electron chi connectivity index (χ4n) is 4.09. The smallest absolute Gasteiger partial charge is 0.318 e. The number of nitrogens with zero attached hydrogens (tertiary/aromatic N) is 2. The van der Waals surface area contributed by atoms with Crippen molar-refractivity contribution in [3.8, 4) is 5.69 Å². The average molecular weight is 404 g/mol. The standard InChI is InChI=1S/C25H25FN2O2/c1-16-9-11-18(12-10-16)28-17(2)13-20-22(14-25(3,4)15-23(20)28)27-30-24(29)19-7-5-6-8-21(19)26/h5-13H,14-15H2,1-4H3/b27-22+. The lowest BCUT2D eigenvalue weighted by molar-refractivity contribution is 0.0508. The lowest BCUT2D eigenvalue weighted by Gasteiger charge is -2.31. The van der Waals surface area contributed by atoms with Gasteiger partial charge in [0.05, 0.1) is 11.3 Å². The molecule has 1 aromatic heterocycles. The molecule has 0 aliphatic heterocycles. The number of aromatic nitrogens is 1. The van der Waals surface area contributed by atoms with Crippen molar-refractivity contribution < 1.29 is 14.0 Å². The molecule has 1 heterocycles. The van der Waals surface area contributed by atoms with Crippen LogP contribution >= 0.6 is 0 Å². The normalized spacial score (nSPS) is 16.4. The van der Waals surface area contributed by atoms with Gasteiger partial charge in [-0.3, -0.25) is 0 Å². The van der Waals surface area contributed by atoms with E-state index < -0.39 is 11.8 Å². The summed E-state index contributed by atoms with van der Waals surface area (Å²) in [4.78, 5) is 17.5. The number of halogens is 1. The van der Waals surface area contributed by atoms with E-state index in [4.69, 9.17) is 4.84 Å². The molecule has 4 rings (SSSR count). The van der Waals surface area contributed by atoms with Crippen LogP contribution in [0.1, 0.15) is 53.1 Å². The topological polar surface area (TPSA) is 43.6 Å². The molecule has 0 fully saturated rings. The number of rotatable bonds is 3. The molecule has 0 bridgehead atoms. The first-order valence-electron chi connectivity index (χ1n) is 10.1. The monoisotopic (exact) mass is 404 g/mol. The molecule has 0 amide bonds. The number of hydrogen-bond donors (Lipinski definition) is 0. The molecule has 30 heavy (non-hydrogen) atoms. The highest BCUT2D eigenvalue weighted by Gasteiger charge is 2.34. The third kappa shape index (κ3) is 3.80. The first-order chi connectivity index (χ1) is 14.2. The molecule has 0 saturated heterocycles. The van der Waals surface area contributed by atoms with E-state index in [1.807, 2.05) is 0 Å². The molecule has 0 N–H and O–H groups in total. The van der Waals surface area contributed by atoms with Gasteiger partial charge < -0.3 is 9.40 Å². The molecular weight excluding hydrogens is 379 g/mol. The van der Waals surface area contributed by atoms with E-state index in [-0.39, 0.29) is 11.0 Å². The van der Waals surface area contributed by atoms with Gasteiger partial charge in [0.1, 0.15) is 5.82 Å². The van der Waals surface area contributed by atoms with Crippen molar-refractivity contribution >= 4 is 11.7 Å². The molecule has 0 atom stereocenters. The molecule has 1 aliphatic carbocycles. The zero-order valence-corrected chi connectivity index (χ0v) is 17.7. The Morgan fingerprint density at radius 2 is 1.77 bits per heavy atom. The van der Waals surface area contributed by atoms with Crippen LogP contribution in [-0.2, 0) is 11.3 Å². The minimum absolute atomic E-state index is 0.0521. The molecular formula is C25H25FN2O2. The fraction of sp³-hybridized carbons (Fsp3) is 0.280. The Morgan fingerprint density at radius 3 is 2.47 bits per heavy atom. The summed E-state index contributed by atoms with van der Waals surface area (Å²) in [5, 5.41) is 4.19. The van der Waals surface area contributed by atoms with Gasteiger partial charge in [-0.2, -0.15) is 0 Å². The molecule has 1 aliphatic rings. The van der Waals surface area contributed by atoms with Crippen LogP contribution in [0.5, 0.6) is 0 Å². The molecule has 0 radical (unpaired) electrons. The van der Waals surface area contributed by atoms with Crippen LogP contribution in [-0.4, -0.2) is 16.2 Å². The SMILES string of the molecule is Cc1ccc(-n2c(C)cc3c2CC(C)(C)C/C3=N\OC(=O)c2ccccc2F)cc1. The number of fused-ring (bicyclic) bond motifs is 1. The van der Waals surface area contributed by atoms with Crippen molar-refractivity contribution in [2.24, 2.45) is 10.6 Å². The maximum atomic E-state index is 13.9. The van der Waals surface area contributed by atoms with E-state index >= 15 is 0 Å². The van der Waals surface area contributed by atoms with Crippen LogP contribution in [0.2, 0.25) is 0 Å². The van der Waals surface area contributed by atoms with Gasteiger partial charge in [0, 0.05) is 22.6 Å². The lowest BCUT2D eigenvalue weighted by atomic mass is 9.76. The number of hydrogen-bond acceptors (Lipinski definition) is 3. The summed E-state index contributed by atoms with van der Waals surface area (Å²) in [6, 6.07) is 16.3. The van der Waals surface area contributed by atoms with Gasteiger partial charge in [-0.25, -0.2) is 9.18 Å². The molecule has 5 heteroatoms. The van der Waals surface area contributed by atoms with E-state index in [1.54, 1.807) is 6.07 Å². The fourth-order valence-corrected chi connectivity index (χ4v) is 4.09. The van der Waals surface area contributed by atoms with Crippen LogP contribution < -0.4 is 0 Å². The highest BCUT2D eigenvalue weighted by atomic mass is 19.1. The summed E-state index contributed by atoms with van der Waals surface area (Å²) >= 11 is 0. The van der Waals surface area contributed by atoms with Gasteiger partial charge in [-0.1, -0.05) is 48.8 Å². The quantitative estimate of drug-likeness (QED) is 0.411. The zero-order chi connectivity index (χ0) is 21.5. The van der Waals surface area contributed by atoms with Crippen molar-refractivity contribution in [2.45, 2.75) is 40.5 Å². The Kier molecular flexibility index (Phi) is 5.06. The van der Waals surface area contributed by atoms with Crippen molar-refractivity contribution in [1.82, 2.24) is 4.57 Å². The third-order valence-electron chi connectivity index (χ3n) is 5.51. The van der Waals surface area contributed by atoms with Gasteiger partial charge in [0.15, 0.2) is 0 Å². The van der Waals surface area contributed by atoms with Crippen LogP contribution in [0.15, 0.2) is 59.8 Å². The van der Waals surface area contributed by atoms with E-state index in [9.17, 15) is 9.18 Å². The summed E-state index contributed by atoms with van der Waals surface area (Å²) in [5.74, 6) is -1.41. The Hall–Kier alpha value is -3.21. The number of carbonyl (C=O) groups is 1. The minimum Gasteiger partial charge on any atom is -0.318 e. The van der Waals surface area contributed by atoms with Gasteiger partial charge in [-0.15, -0.1) is 0 Å². The van der Waals surface area contributed by atoms with Crippen LogP contribution in [0.25, 0.3) is 5.69 Å². The molecule has 0 spiro atoms. The maximum Gasteiger partial charge on any atom is 0.368 e. The molecule has 154 valence electrons. The number of carbonyl (C=O) groups excluding carboxylic acids is 1. The highest BCUT2D eigenvalue weighted by Crippen LogP contribution is 2.38. The van der Waals surface area contributed by atoms with Gasteiger partial charge in [0.2, 0.25) is 0 Å². The summed E-state index contributed by atoms with van der Waals surface area (Å²) in [7, 11) is 0. The molecule has 0 saturated carbocycles. The lowest BCUT2D eigenvalue weighted by Crippen LogP contribution is -2.28. The summed E-state index contributed by atoms with van der Waals surface area (Å²) in [6.45, 7) is 8.48. The number of aryl methyl sites for hydroxylation is 2. The summed E-state index contributed by atoms with van der Waals surface area (Å²) < 4.78 is 16.1. The van der Waals surface area contributed by atoms with E-state index in [0.717, 1.165) is 29.1 Å². The van der Waals surface area contributed by atoms with Crippen molar-refractivity contribution in [3.05, 3.63) is 88.5 Å². The van der Waals surface area contributed by atoms with E-state index in [1.165, 1.54) is 23.8 Å². The molecule has 0 unspecified atom stereocenters. The summed E-state index contributed by atoms with van der Waals surface area (Å²) in [6.07, 6.45) is 1.55. The second kappa shape index (κ2) is 7.56. The van der Waals surface area contributed by atoms with Crippen LogP contribution in [0, 0.1) is 25.1 Å². The van der Waals surface area contributed by atoms with Gasteiger partial charge >= 0.3 is 5.97 Å². The maximum absolute atomic E-state index is 13.9. The number of benzene rings is 2. The molecule has 2 aromatic carbocycles. The van der Waals surface area contributed by atoms with Crippen molar-refractivity contribution in [2.75, 3.05) is 0 Å². The highest BCUT2D eigenvalue weighted by molar-refractivity contribution is 6.03. The second-order valence-corrected chi connectivity index (χ2v) is 8.73. The Labute approximate surface area is 176 Å². The Balaban J connectivity index is 1.73. The minimum atomic E-state index is -0.791. The van der Waals surface area contributed by atoms with Crippen LogP contribution in [0.4, 0.5) is 4.39 Å². The van der Waals surface area contributed by atoms with E-state index in [0.29, 0.717) is 12.1 Å². The van der Waals surface area contributed by atoms with Crippen LogP contribution in [0.3, 0.4) is 0 Å². The molecule has 3 aromatic rings. The summed E-state index contributed by atoms with van der Waals surface area (Å²) in [5.41, 5.74) is 6.06. The second-order valence-electron chi connectivity index (χ2n) is 8.73. The van der Waals surface area contributed by atoms with Crippen molar-refractivity contribution in [3.63, 3.8) is 0 Å². The molecule has 4 nitrogen and oxygen atoms in total. The zero-order valence-electron chi connectivity index (χ0n) is 17.7. The van der Waals surface area contributed by atoms with Crippen molar-refractivity contribution in [1.29, 1.82) is 0 Å². The number of oxime groups is 1. The Bertz CT molecular complexity index is 1140. The van der Waals surface area contributed by atoms with E-state index in [2.05, 4.69) is 67.7 Å². The first kappa shape index (κ1) is 20.1.